The maximum Gasteiger partial charge on any atom is 0.242 e. The molecule has 0 fully saturated rings. The average Bonchev–Trinajstić information content (AvgIpc) is 2.91. The zero-order valence-corrected chi connectivity index (χ0v) is 11.8. The minimum Gasteiger partial charge on any atom is -0.207 e. The third-order valence-electron chi connectivity index (χ3n) is 2.43. The molecular formula is C10H9ClN6O2S. The summed E-state index contributed by atoms with van der Waals surface area (Å²) >= 11 is 5.88. The quantitative estimate of drug-likeness (QED) is 0.859. The number of tetrazole rings is 1. The van der Waals surface area contributed by atoms with E-state index in [1.54, 1.807) is 6.92 Å². The first kappa shape index (κ1) is 14.4. The van der Waals surface area contributed by atoms with Gasteiger partial charge in [0.05, 0.1) is 22.7 Å². The van der Waals surface area contributed by atoms with Gasteiger partial charge < -0.3 is 0 Å². The number of hydrogen-bond donors (Lipinski definition) is 2. The maximum absolute atomic E-state index is 12.2. The Bertz CT molecular complexity index is 753. The Morgan fingerprint density at radius 2 is 2.25 bits per heavy atom. The van der Waals surface area contributed by atoms with Gasteiger partial charge in [0.2, 0.25) is 10.0 Å². The normalized spacial score (nSPS) is 12.8. The lowest BCUT2D eigenvalue weighted by molar-refractivity contribution is 0.560. The highest BCUT2D eigenvalue weighted by Gasteiger charge is 2.23. The van der Waals surface area contributed by atoms with Crippen molar-refractivity contribution in [3.8, 4) is 6.07 Å². The fourth-order valence-corrected chi connectivity index (χ4v) is 3.24. The lowest BCUT2D eigenvalue weighted by Gasteiger charge is -2.11. The minimum absolute atomic E-state index is 0.0307. The van der Waals surface area contributed by atoms with E-state index in [1.165, 1.54) is 18.2 Å². The fraction of sp³-hybridized carbons (Fsp3) is 0.200. The molecule has 2 aromatic rings. The molecule has 0 aliphatic carbocycles. The summed E-state index contributed by atoms with van der Waals surface area (Å²) in [5, 5.41) is 21.7. The van der Waals surface area contributed by atoms with Gasteiger partial charge in [0.15, 0.2) is 5.82 Å². The number of sulfonamides is 1. The first-order chi connectivity index (χ1) is 9.44. The Hall–Kier alpha value is -2.02. The predicted molar refractivity (Wildman–Crippen MR) is 69.1 cm³/mol. The standard InChI is InChI=1S/C10H9ClN6O2S/c1-6(10-13-16-17-14-10)15-20(18,19)9-3-2-7(5-12)4-8(9)11/h2-4,6,15H,1H3,(H,13,14,16,17). The zero-order chi connectivity index (χ0) is 14.8. The Kier molecular flexibility index (Phi) is 3.99. The van der Waals surface area contributed by atoms with Crippen molar-refractivity contribution in [1.29, 1.82) is 5.26 Å². The van der Waals surface area contributed by atoms with E-state index in [2.05, 4.69) is 25.3 Å². The highest BCUT2D eigenvalue weighted by atomic mass is 35.5. The van der Waals surface area contributed by atoms with Crippen LogP contribution in [0.2, 0.25) is 5.02 Å². The monoisotopic (exact) mass is 312 g/mol. The van der Waals surface area contributed by atoms with Gasteiger partial charge in [-0.25, -0.2) is 13.1 Å². The van der Waals surface area contributed by atoms with E-state index in [0.29, 0.717) is 0 Å². The van der Waals surface area contributed by atoms with Crippen molar-refractivity contribution in [2.75, 3.05) is 0 Å². The summed E-state index contributed by atoms with van der Waals surface area (Å²) in [5.74, 6) is 0.207. The number of nitriles is 1. The molecule has 1 heterocycles. The Balaban J connectivity index is 2.29. The van der Waals surface area contributed by atoms with Crippen molar-refractivity contribution >= 4 is 21.6 Å². The van der Waals surface area contributed by atoms with Gasteiger partial charge in [0.25, 0.3) is 0 Å². The van der Waals surface area contributed by atoms with E-state index in [-0.39, 0.29) is 21.3 Å². The molecule has 0 aliphatic rings. The molecule has 10 heteroatoms. The number of aromatic nitrogens is 4. The number of benzene rings is 1. The second-order valence-electron chi connectivity index (χ2n) is 3.87. The first-order valence-electron chi connectivity index (χ1n) is 5.39. The van der Waals surface area contributed by atoms with Crippen molar-refractivity contribution in [3.63, 3.8) is 0 Å². The van der Waals surface area contributed by atoms with E-state index in [0.717, 1.165) is 0 Å². The van der Waals surface area contributed by atoms with Crippen LogP contribution in [-0.2, 0) is 10.0 Å². The molecule has 1 unspecified atom stereocenters. The van der Waals surface area contributed by atoms with E-state index in [1.807, 2.05) is 6.07 Å². The summed E-state index contributed by atoms with van der Waals surface area (Å²) in [5.41, 5.74) is 0.278. The Morgan fingerprint density at radius 1 is 1.50 bits per heavy atom. The summed E-state index contributed by atoms with van der Waals surface area (Å²) < 4.78 is 26.8. The number of H-pyrrole nitrogens is 1. The SMILES string of the molecule is CC(NS(=O)(=O)c1ccc(C#N)cc1Cl)c1nn[nH]n1. The Morgan fingerprint density at radius 3 is 2.80 bits per heavy atom. The molecule has 104 valence electrons. The molecule has 0 saturated carbocycles. The molecule has 0 spiro atoms. The number of nitrogens with zero attached hydrogens (tertiary/aromatic N) is 4. The molecule has 0 aliphatic heterocycles. The van der Waals surface area contributed by atoms with Gasteiger partial charge in [-0.3, -0.25) is 0 Å². The van der Waals surface area contributed by atoms with Crippen LogP contribution in [0.25, 0.3) is 0 Å². The molecule has 0 bridgehead atoms. The number of aromatic amines is 1. The van der Waals surface area contributed by atoms with Crippen molar-refractivity contribution in [3.05, 3.63) is 34.6 Å². The summed E-state index contributed by atoms with van der Waals surface area (Å²) in [6.45, 7) is 1.57. The third-order valence-corrected chi connectivity index (χ3v) is 4.46. The smallest absolute Gasteiger partial charge is 0.207 e. The molecule has 0 saturated heterocycles. The first-order valence-corrected chi connectivity index (χ1v) is 7.25. The van der Waals surface area contributed by atoms with Crippen LogP contribution in [0.1, 0.15) is 24.4 Å². The summed E-state index contributed by atoms with van der Waals surface area (Å²) in [6.07, 6.45) is 0. The minimum atomic E-state index is -3.85. The molecule has 1 aromatic heterocycles. The van der Waals surface area contributed by atoms with Crippen LogP contribution >= 0.6 is 11.6 Å². The highest BCUT2D eigenvalue weighted by molar-refractivity contribution is 7.89. The second kappa shape index (κ2) is 5.54. The molecule has 8 nitrogen and oxygen atoms in total. The number of nitrogens with one attached hydrogen (secondary N) is 2. The summed E-state index contributed by atoms with van der Waals surface area (Å²) in [6, 6.07) is 5.13. The van der Waals surface area contributed by atoms with E-state index in [4.69, 9.17) is 16.9 Å². The largest absolute Gasteiger partial charge is 0.242 e. The molecule has 2 N–H and O–H groups in total. The van der Waals surface area contributed by atoms with Crippen molar-refractivity contribution < 1.29 is 8.42 Å². The van der Waals surface area contributed by atoms with Gasteiger partial charge in [-0.2, -0.15) is 10.5 Å². The molecule has 2 rings (SSSR count). The number of rotatable bonds is 4. The fourth-order valence-electron chi connectivity index (χ4n) is 1.49. The van der Waals surface area contributed by atoms with Crippen LogP contribution < -0.4 is 4.72 Å². The molecule has 1 atom stereocenters. The van der Waals surface area contributed by atoms with Crippen molar-refractivity contribution in [1.82, 2.24) is 25.3 Å². The zero-order valence-electron chi connectivity index (χ0n) is 10.2. The molecular weight excluding hydrogens is 304 g/mol. The second-order valence-corrected chi connectivity index (χ2v) is 5.96. The van der Waals surface area contributed by atoms with Gasteiger partial charge in [-0.15, -0.1) is 10.2 Å². The van der Waals surface area contributed by atoms with Gasteiger partial charge in [-0.05, 0) is 25.1 Å². The predicted octanol–water partition coefficient (Wildman–Crippen LogP) is 0.764. The summed E-state index contributed by atoms with van der Waals surface area (Å²) in [7, 11) is -3.85. The molecule has 0 radical (unpaired) electrons. The number of hydrogen-bond acceptors (Lipinski definition) is 6. The van der Waals surface area contributed by atoms with Crippen LogP contribution in [0, 0.1) is 11.3 Å². The van der Waals surface area contributed by atoms with Crippen molar-refractivity contribution in [2.24, 2.45) is 0 Å². The molecule has 0 amide bonds. The number of halogens is 1. The Labute approximate surface area is 119 Å². The van der Waals surface area contributed by atoms with Gasteiger partial charge in [0.1, 0.15) is 4.90 Å². The van der Waals surface area contributed by atoms with E-state index < -0.39 is 16.1 Å². The van der Waals surface area contributed by atoms with Crippen molar-refractivity contribution in [2.45, 2.75) is 17.9 Å². The lowest BCUT2D eigenvalue weighted by Crippen LogP contribution is -2.27. The highest BCUT2D eigenvalue weighted by Crippen LogP contribution is 2.23. The average molecular weight is 313 g/mol. The topological polar surface area (TPSA) is 124 Å². The van der Waals surface area contributed by atoms with Gasteiger partial charge in [-0.1, -0.05) is 16.8 Å². The maximum atomic E-state index is 12.2. The van der Waals surface area contributed by atoms with Crippen LogP contribution in [0.4, 0.5) is 0 Å². The molecule has 20 heavy (non-hydrogen) atoms. The molecule has 1 aromatic carbocycles. The van der Waals surface area contributed by atoms with Crippen LogP contribution in [0.3, 0.4) is 0 Å². The van der Waals surface area contributed by atoms with Gasteiger partial charge >= 0.3 is 0 Å². The van der Waals surface area contributed by atoms with Crippen LogP contribution in [-0.4, -0.2) is 29.0 Å². The van der Waals surface area contributed by atoms with Crippen LogP contribution in [0.5, 0.6) is 0 Å². The van der Waals surface area contributed by atoms with E-state index in [9.17, 15) is 8.42 Å². The van der Waals surface area contributed by atoms with E-state index >= 15 is 0 Å². The third kappa shape index (κ3) is 2.93. The van der Waals surface area contributed by atoms with Crippen LogP contribution in [0.15, 0.2) is 23.1 Å². The van der Waals surface area contributed by atoms with Gasteiger partial charge in [0, 0.05) is 0 Å². The summed E-state index contributed by atoms with van der Waals surface area (Å²) in [4.78, 5) is -0.117. The lowest BCUT2D eigenvalue weighted by atomic mass is 10.2.